The van der Waals surface area contributed by atoms with Crippen LogP contribution in [0.15, 0.2) is 40.1 Å². The Morgan fingerprint density at radius 3 is 2.80 bits per heavy atom. The second kappa shape index (κ2) is 5.48. The first-order chi connectivity index (χ1) is 11.9. The molecule has 1 aliphatic heterocycles. The Hall–Kier alpha value is -2.56. The molecule has 2 aromatic rings. The fraction of sp³-hybridized carbons (Fsp3) is 0.400. The number of benzene rings is 1. The van der Waals surface area contributed by atoms with Gasteiger partial charge >= 0.3 is 0 Å². The molecule has 0 saturated heterocycles. The molecule has 1 unspecified atom stereocenters. The van der Waals surface area contributed by atoms with Crippen molar-refractivity contribution < 1.29 is 14.1 Å². The van der Waals surface area contributed by atoms with Crippen LogP contribution in [0.25, 0.3) is 0 Å². The number of hydrogen-bond acceptors (Lipinski definition) is 5. The summed E-state index contributed by atoms with van der Waals surface area (Å²) in [6.45, 7) is 6.15. The van der Waals surface area contributed by atoms with Gasteiger partial charge in [-0.05, 0) is 24.8 Å². The molecule has 0 radical (unpaired) electrons. The zero-order valence-corrected chi connectivity index (χ0v) is 15.0. The summed E-state index contributed by atoms with van der Waals surface area (Å²) in [4.78, 5) is 13.1. The van der Waals surface area contributed by atoms with Gasteiger partial charge < -0.3 is 14.6 Å². The minimum atomic E-state index is -0.211. The maximum absolute atomic E-state index is 13.1. The van der Waals surface area contributed by atoms with Gasteiger partial charge in [0.05, 0.1) is 24.3 Å². The number of anilines is 1. The molecule has 1 aromatic heterocycles. The van der Waals surface area contributed by atoms with Gasteiger partial charge in [-0.1, -0.05) is 37.2 Å². The number of nitrogens with one attached hydrogen (secondary N) is 1. The minimum absolute atomic E-state index is 0.0686. The van der Waals surface area contributed by atoms with Gasteiger partial charge in [0.25, 0.3) is 0 Å². The first-order valence-electron chi connectivity index (χ1n) is 8.53. The first kappa shape index (κ1) is 15.9. The largest absolute Gasteiger partial charge is 0.496 e. The summed E-state index contributed by atoms with van der Waals surface area (Å²) in [6, 6.07) is 7.85. The minimum Gasteiger partial charge on any atom is -0.496 e. The van der Waals surface area contributed by atoms with Crippen LogP contribution in [0.2, 0.25) is 0 Å². The van der Waals surface area contributed by atoms with Gasteiger partial charge in [-0.2, -0.15) is 0 Å². The lowest BCUT2D eigenvalue weighted by atomic mass is 9.69. The number of aromatic nitrogens is 1. The number of hydrogen-bond donors (Lipinski definition) is 1. The number of para-hydroxylation sites is 1. The van der Waals surface area contributed by atoms with E-state index in [0.717, 1.165) is 40.3 Å². The quantitative estimate of drug-likeness (QED) is 0.889. The molecule has 4 rings (SSSR count). The molecule has 5 nitrogen and oxygen atoms in total. The Kier molecular flexibility index (Phi) is 3.49. The van der Waals surface area contributed by atoms with E-state index in [-0.39, 0.29) is 17.1 Å². The number of methoxy groups -OCH3 is 1. The number of allylic oxidation sites excluding steroid dienone is 2. The topological polar surface area (TPSA) is 64.4 Å². The van der Waals surface area contributed by atoms with Crippen molar-refractivity contribution in [3.8, 4) is 5.75 Å². The van der Waals surface area contributed by atoms with Crippen LogP contribution in [0.3, 0.4) is 0 Å². The predicted molar refractivity (Wildman–Crippen MR) is 94.7 cm³/mol. The summed E-state index contributed by atoms with van der Waals surface area (Å²) < 4.78 is 11.1. The third-order valence-corrected chi connectivity index (χ3v) is 5.12. The molecular weight excluding hydrogens is 316 g/mol. The van der Waals surface area contributed by atoms with Crippen LogP contribution >= 0.6 is 0 Å². The van der Waals surface area contributed by atoms with E-state index in [9.17, 15) is 4.79 Å². The van der Waals surface area contributed by atoms with Crippen LogP contribution in [0.4, 0.5) is 5.88 Å². The van der Waals surface area contributed by atoms with Crippen molar-refractivity contribution in [3.05, 3.63) is 52.4 Å². The molecule has 130 valence electrons. The number of carbonyl (C=O) groups excluding carboxylic acids is 1. The Labute approximate surface area is 147 Å². The highest BCUT2D eigenvalue weighted by atomic mass is 16.5. The first-order valence-corrected chi connectivity index (χ1v) is 8.53. The van der Waals surface area contributed by atoms with Crippen molar-refractivity contribution in [3.63, 3.8) is 0 Å². The van der Waals surface area contributed by atoms with E-state index in [2.05, 4.69) is 24.3 Å². The molecule has 0 spiro atoms. The van der Waals surface area contributed by atoms with E-state index in [4.69, 9.17) is 9.26 Å². The number of ether oxygens (including phenoxy) is 1. The predicted octanol–water partition coefficient (Wildman–Crippen LogP) is 4.19. The lowest BCUT2D eigenvalue weighted by molar-refractivity contribution is -0.118. The van der Waals surface area contributed by atoms with Gasteiger partial charge in [0, 0.05) is 23.3 Å². The van der Waals surface area contributed by atoms with Crippen LogP contribution in [0, 0.1) is 12.3 Å². The normalized spacial score (nSPS) is 21.4. The number of fused-ring (bicyclic) bond motifs is 1. The fourth-order valence-electron chi connectivity index (χ4n) is 4.09. The SMILES string of the molecule is COc1ccccc1C1C2=C(CC(C)(C)CC2=O)Nc2onc(C)c21. The molecule has 0 amide bonds. The summed E-state index contributed by atoms with van der Waals surface area (Å²) in [5.74, 6) is 1.38. The van der Waals surface area contributed by atoms with Gasteiger partial charge in [0.15, 0.2) is 5.78 Å². The molecule has 0 bridgehead atoms. The lowest BCUT2D eigenvalue weighted by Gasteiger charge is -2.38. The van der Waals surface area contributed by atoms with Gasteiger partial charge in [-0.25, -0.2) is 0 Å². The van der Waals surface area contributed by atoms with Crippen molar-refractivity contribution >= 4 is 11.7 Å². The average molecular weight is 338 g/mol. The number of aryl methyl sites for hydroxylation is 1. The smallest absolute Gasteiger partial charge is 0.233 e. The molecule has 1 N–H and O–H groups in total. The second-order valence-electron chi connectivity index (χ2n) is 7.64. The maximum Gasteiger partial charge on any atom is 0.233 e. The number of ketones is 1. The molecule has 2 aliphatic rings. The third-order valence-electron chi connectivity index (χ3n) is 5.12. The second-order valence-corrected chi connectivity index (χ2v) is 7.64. The number of rotatable bonds is 2. The van der Waals surface area contributed by atoms with Crippen LogP contribution in [-0.4, -0.2) is 18.0 Å². The summed E-state index contributed by atoms with van der Waals surface area (Å²) >= 11 is 0. The monoisotopic (exact) mass is 338 g/mol. The number of carbonyl (C=O) groups is 1. The van der Waals surface area contributed by atoms with E-state index in [0.29, 0.717) is 12.3 Å². The highest BCUT2D eigenvalue weighted by Gasteiger charge is 2.43. The average Bonchev–Trinajstić information content (AvgIpc) is 2.92. The highest BCUT2D eigenvalue weighted by molar-refractivity contribution is 6.01. The van der Waals surface area contributed by atoms with Crippen molar-refractivity contribution in [1.29, 1.82) is 0 Å². The molecule has 2 heterocycles. The Morgan fingerprint density at radius 1 is 1.28 bits per heavy atom. The Balaban J connectivity index is 1.97. The molecule has 1 aromatic carbocycles. The van der Waals surface area contributed by atoms with Gasteiger partial charge in [-0.15, -0.1) is 0 Å². The standard InChI is InChI=1S/C20H22N2O3/c1-11-16-17(12-7-5-6-8-15(12)24-4)18-13(21-19(16)25-22-11)9-20(2,3)10-14(18)23/h5-8,17,21H,9-10H2,1-4H3. The van der Waals surface area contributed by atoms with Crippen molar-refractivity contribution in [2.75, 3.05) is 12.4 Å². The fourth-order valence-corrected chi connectivity index (χ4v) is 4.09. The maximum atomic E-state index is 13.1. The molecule has 5 heteroatoms. The molecule has 1 aliphatic carbocycles. The molecular formula is C20H22N2O3. The van der Waals surface area contributed by atoms with Crippen molar-refractivity contribution in [1.82, 2.24) is 5.16 Å². The number of Topliss-reactive ketones (excluding diaryl/α,β-unsaturated/α-hetero) is 1. The van der Waals surface area contributed by atoms with Gasteiger partial charge in [0.1, 0.15) is 5.75 Å². The van der Waals surface area contributed by atoms with E-state index in [1.807, 2.05) is 31.2 Å². The number of nitrogens with zero attached hydrogens (tertiary/aromatic N) is 1. The van der Waals surface area contributed by atoms with Gasteiger partial charge in [-0.3, -0.25) is 4.79 Å². The molecule has 25 heavy (non-hydrogen) atoms. The Bertz CT molecular complexity index is 892. The van der Waals surface area contributed by atoms with Crippen LogP contribution in [0.5, 0.6) is 5.75 Å². The zero-order chi connectivity index (χ0) is 17.8. The molecule has 0 fully saturated rings. The van der Waals surface area contributed by atoms with Crippen molar-refractivity contribution in [2.45, 2.75) is 39.5 Å². The summed E-state index contributed by atoms with van der Waals surface area (Å²) in [6.07, 6.45) is 1.34. The third kappa shape index (κ3) is 2.46. The summed E-state index contributed by atoms with van der Waals surface area (Å²) in [5.41, 5.74) is 4.39. The highest BCUT2D eigenvalue weighted by Crippen LogP contribution is 2.51. The van der Waals surface area contributed by atoms with E-state index < -0.39 is 0 Å². The van der Waals surface area contributed by atoms with E-state index in [1.165, 1.54) is 0 Å². The van der Waals surface area contributed by atoms with Crippen LogP contribution in [-0.2, 0) is 4.79 Å². The zero-order valence-electron chi connectivity index (χ0n) is 15.0. The van der Waals surface area contributed by atoms with Crippen LogP contribution < -0.4 is 10.1 Å². The van der Waals surface area contributed by atoms with E-state index >= 15 is 0 Å². The molecule has 0 saturated carbocycles. The van der Waals surface area contributed by atoms with Gasteiger partial charge in [0.2, 0.25) is 5.88 Å². The van der Waals surface area contributed by atoms with Crippen LogP contribution in [0.1, 0.15) is 49.4 Å². The summed E-state index contributed by atoms with van der Waals surface area (Å²) in [5, 5.41) is 7.46. The summed E-state index contributed by atoms with van der Waals surface area (Å²) in [7, 11) is 1.66. The Morgan fingerprint density at radius 2 is 2.04 bits per heavy atom. The lowest BCUT2D eigenvalue weighted by Crippen LogP contribution is -2.33. The van der Waals surface area contributed by atoms with E-state index in [1.54, 1.807) is 7.11 Å². The molecule has 1 atom stereocenters. The van der Waals surface area contributed by atoms with Crippen molar-refractivity contribution in [2.24, 2.45) is 5.41 Å².